The van der Waals surface area contributed by atoms with E-state index in [9.17, 15) is 8.42 Å². The van der Waals surface area contributed by atoms with Gasteiger partial charge in [-0.3, -0.25) is 0 Å². The van der Waals surface area contributed by atoms with Gasteiger partial charge in [0, 0.05) is 12.2 Å². The summed E-state index contributed by atoms with van der Waals surface area (Å²) in [7, 11) is -3.67. The van der Waals surface area contributed by atoms with Gasteiger partial charge >= 0.3 is 0 Å². The number of ether oxygens (including phenoxy) is 1. The Morgan fingerprint density at radius 2 is 2.05 bits per heavy atom. The van der Waals surface area contributed by atoms with Crippen LogP contribution in [0.4, 0.5) is 5.69 Å². The Labute approximate surface area is 130 Å². The summed E-state index contributed by atoms with van der Waals surface area (Å²) in [6, 6.07) is 2.94. The molecule has 1 aromatic carbocycles. The van der Waals surface area contributed by atoms with Crippen LogP contribution in [0.2, 0.25) is 5.02 Å². The fourth-order valence-electron chi connectivity index (χ4n) is 2.41. The van der Waals surface area contributed by atoms with Crippen LogP contribution in [0.3, 0.4) is 0 Å². The number of hydrogen-bond donors (Lipinski definition) is 2. The predicted molar refractivity (Wildman–Crippen MR) is 84.0 cm³/mol. The van der Waals surface area contributed by atoms with E-state index in [2.05, 4.69) is 4.72 Å². The van der Waals surface area contributed by atoms with Crippen LogP contribution >= 0.6 is 11.6 Å². The molecule has 118 valence electrons. The second kappa shape index (κ2) is 6.96. The summed E-state index contributed by atoms with van der Waals surface area (Å²) in [4.78, 5) is 0.00753. The average molecular weight is 333 g/mol. The Balaban J connectivity index is 1.93. The Morgan fingerprint density at radius 3 is 2.71 bits per heavy atom. The fourth-order valence-corrected chi connectivity index (χ4v) is 4.04. The first kappa shape index (κ1) is 16.5. The minimum absolute atomic E-state index is 0.00753. The van der Waals surface area contributed by atoms with E-state index >= 15 is 0 Å². The summed E-state index contributed by atoms with van der Waals surface area (Å²) in [6.45, 7) is 2.37. The maximum Gasteiger partial charge on any atom is 0.242 e. The number of hydrogen-bond acceptors (Lipinski definition) is 4. The summed E-state index contributed by atoms with van der Waals surface area (Å²) in [6.07, 6.45) is 4.77. The van der Waals surface area contributed by atoms with E-state index in [1.807, 2.05) is 0 Å². The molecular weight excluding hydrogens is 312 g/mol. The largest absolute Gasteiger partial charge is 0.398 e. The summed E-state index contributed by atoms with van der Waals surface area (Å²) in [5.41, 5.74) is 6.91. The molecule has 1 aliphatic carbocycles. The summed E-state index contributed by atoms with van der Waals surface area (Å²) in [5, 5.41) is 0.172. The van der Waals surface area contributed by atoms with Crippen molar-refractivity contribution in [3.05, 3.63) is 22.7 Å². The SMILES string of the molecule is Cc1cc(Cl)c(S(=O)(=O)NCCOC2CCCC2)cc1N. The molecule has 0 spiro atoms. The maximum atomic E-state index is 12.2. The molecule has 21 heavy (non-hydrogen) atoms. The van der Waals surface area contributed by atoms with Crippen molar-refractivity contribution in [3.8, 4) is 0 Å². The van der Waals surface area contributed by atoms with E-state index in [0.29, 0.717) is 12.3 Å². The smallest absolute Gasteiger partial charge is 0.242 e. The normalized spacial score (nSPS) is 16.5. The van der Waals surface area contributed by atoms with Crippen molar-refractivity contribution in [2.24, 2.45) is 0 Å². The van der Waals surface area contributed by atoms with Crippen molar-refractivity contribution in [2.75, 3.05) is 18.9 Å². The van der Waals surface area contributed by atoms with Crippen LogP contribution in [0.1, 0.15) is 31.2 Å². The van der Waals surface area contributed by atoms with E-state index in [1.54, 1.807) is 13.0 Å². The molecule has 1 aliphatic rings. The zero-order chi connectivity index (χ0) is 15.5. The molecule has 0 radical (unpaired) electrons. The van der Waals surface area contributed by atoms with Crippen molar-refractivity contribution < 1.29 is 13.2 Å². The van der Waals surface area contributed by atoms with Gasteiger partial charge in [0.1, 0.15) is 4.90 Å². The Kier molecular flexibility index (Phi) is 5.48. The first-order valence-electron chi connectivity index (χ1n) is 7.07. The van der Waals surface area contributed by atoms with Gasteiger partial charge in [0.05, 0.1) is 17.7 Å². The van der Waals surface area contributed by atoms with E-state index in [4.69, 9.17) is 22.1 Å². The number of anilines is 1. The molecule has 0 heterocycles. The van der Waals surface area contributed by atoms with E-state index in [0.717, 1.165) is 18.4 Å². The molecule has 0 aliphatic heterocycles. The lowest BCUT2D eigenvalue weighted by molar-refractivity contribution is 0.0626. The molecule has 0 saturated heterocycles. The third-order valence-corrected chi connectivity index (χ3v) is 5.59. The standard InChI is InChI=1S/C14H21ClN2O3S/c1-10-8-12(15)14(9-13(10)16)21(18,19)17-6-7-20-11-4-2-3-5-11/h8-9,11,17H,2-7,16H2,1H3. The molecule has 1 aromatic rings. The molecule has 5 nitrogen and oxygen atoms in total. The minimum atomic E-state index is -3.67. The highest BCUT2D eigenvalue weighted by Gasteiger charge is 2.19. The first-order valence-corrected chi connectivity index (χ1v) is 8.93. The zero-order valence-corrected chi connectivity index (χ0v) is 13.6. The molecule has 1 saturated carbocycles. The number of sulfonamides is 1. The number of nitrogens with two attached hydrogens (primary N) is 1. The molecule has 0 atom stereocenters. The zero-order valence-electron chi connectivity index (χ0n) is 12.1. The van der Waals surface area contributed by atoms with Crippen LogP contribution in [0.25, 0.3) is 0 Å². The van der Waals surface area contributed by atoms with Crippen molar-refractivity contribution in [2.45, 2.75) is 43.6 Å². The van der Waals surface area contributed by atoms with Crippen molar-refractivity contribution in [3.63, 3.8) is 0 Å². The highest BCUT2D eigenvalue weighted by molar-refractivity contribution is 7.89. The van der Waals surface area contributed by atoms with Gasteiger partial charge < -0.3 is 10.5 Å². The fraction of sp³-hybridized carbons (Fsp3) is 0.571. The monoisotopic (exact) mass is 332 g/mol. The second-order valence-electron chi connectivity index (χ2n) is 5.31. The minimum Gasteiger partial charge on any atom is -0.398 e. The van der Waals surface area contributed by atoms with E-state index < -0.39 is 10.0 Å². The molecule has 2 rings (SSSR count). The van der Waals surface area contributed by atoms with Gasteiger partial charge in [-0.15, -0.1) is 0 Å². The number of aryl methyl sites for hydroxylation is 1. The second-order valence-corrected chi connectivity index (χ2v) is 7.46. The van der Waals surface area contributed by atoms with Gasteiger partial charge in [0.15, 0.2) is 0 Å². The molecule has 0 amide bonds. The highest BCUT2D eigenvalue weighted by Crippen LogP contribution is 2.26. The van der Waals surface area contributed by atoms with Gasteiger partial charge in [-0.25, -0.2) is 13.1 Å². The van der Waals surface area contributed by atoms with Crippen molar-refractivity contribution in [1.29, 1.82) is 0 Å². The van der Waals surface area contributed by atoms with Crippen LogP contribution in [-0.4, -0.2) is 27.7 Å². The molecule has 0 unspecified atom stereocenters. The lowest BCUT2D eigenvalue weighted by Crippen LogP contribution is -2.29. The van der Waals surface area contributed by atoms with Gasteiger partial charge in [-0.05, 0) is 37.5 Å². The molecule has 3 N–H and O–H groups in total. The van der Waals surface area contributed by atoms with Crippen LogP contribution in [0.5, 0.6) is 0 Å². The Morgan fingerprint density at radius 1 is 1.38 bits per heavy atom. The highest BCUT2D eigenvalue weighted by atomic mass is 35.5. The predicted octanol–water partition coefficient (Wildman–Crippen LogP) is 2.47. The van der Waals surface area contributed by atoms with Crippen molar-refractivity contribution >= 4 is 27.3 Å². The molecule has 0 bridgehead atoms. The molecule has 0 aromatic heterocycles. The number of rotatable bonds is 6. The summed E-state index contributed by atoms with van der Waals surface area (Å²) in [5.74, 6) is 0. The first-order chi connectivity index (χ1) is 9.90. The van der Waals surface area contributed by atoms with Crippen molar-refractivity contribution in [1.82, 2.24) is 4.72 Å². The van der Waals surface area contributed by atoms with Crippen LogP contribution in [0, 0.1) is 6.92 Å². The topological polar surface area (TPSA) is 81.4 Å². The lowest BCUT2D eigenvalue weighted by atomic mass is 10.2. The lowest BCUT2D eigenvalue weighted by Gasteiger charge is -2.13. The van der Waals surface area contributed by atoms with E-state index in [1.165, 1.54) is 18.9 Å². The van der Waals surface area contributed by atoms with Gasteiger partial charge in [-0.2, -0.15) is 0 Å². The van der Waals surface area contributed by atoms with E-state index in [-0.39, 0.29) is 22.6 Å². The third-order valence-electron chi connectivity index (χ3n) is 3.66. The number of benzene rings is 1. The summed E-state index contributed by atoms with van der Waals surface area (Å²) < 4.78 is 32.5. The van der Waals surface area contributed by atoms with Crippen LogP contribution in [0.15, 0.2) is 17.0 Å². The van der Waals surface area contributed by atoms with Gasteiger partial charge in [0.2, 0.25) is 10.0 Å². The average Bonchev–Trinajstić information content (AvgIpc) is 2.92. The Hall–Kier alpha value is -0.820. The number of nitrogens with one attached hydrogen (secondary N) is 1. The quantitative estimate of drug-likeness (QED) is 0.619. The third kappa shape index (κ3) is 4.32. The van der Waals surface area contributed by atoms with Crippen LogP contribution in [-0.2, 0) is 14.8 Å². The Bertz CT molecular complexity index is 598. The summed E-state index contributed by atoms with van der Waals surface area (Å²) >= 11 is 6.00. The molecule has 7 heteroatoms. The van der Waals surface area contributed by atoms with Gasteiger partial charge in [-0.1, -0.05) is 24.4 Å². The van der Waals surface area contributed by atoms with Crippen LogP contribution < -0.4 is 10.5 Å². The number of halogens is 1. The van der Waals surface area contributed by atoms with Gasteiger partial charge in [0.25, 0.3) is 0 Å². The number of nitrogen functional groups attached to an aromatic ring is 1. The molecular formula is C14H21ClN2O3S. The molecule has 1 fully saturated rings. The maximum absolute atomic E-state index is 12.2.